The molecule has 0 aliphatic rings. The molecule has 0 aliphatic heterocycles. The Hall–Kier alpha value is -2.53. The molecule has 110 valence electrons. The van der Waals surface area contributed by atoms with Crippen molar-refractivity contribution in [3.8, 4) is 0 Å². The number of aryl methyl sites for hydroxylation is 1. The molecule has 0 amide bonds. The van der Waals surface area contributed by atoms with Crippen molar-refractivity contribution in [3.63, 3.8) is 0 Å². The molecular formula is C17H14NO3S+. The summed E-state index contributed by atoms with van der Waals surface area (Å²) in [5, 5.41) is 0.791. The van der Waals surface area contributed by atoms with Crippen LogP contribution >= 0.6 is 0 Å². The Morgan fingerprint density at radius 3 is 2.23 bits per heavy atom. The number of aromatic nitrogens is 1. The predicted octanol–water partition coefficient (Wildman–Crippen LogP) is 2.88. The second-order valence-corrected chi connectivity index (χ2v) is 6.89. The molecule has 0 bridgehead atoms. The number of fused-ring (bicyclic) bond motifs is 1. The van der Waals surface area contributed by atoms with Crippen molar-refractivity contribution in [2.24, 2.45) is 0 Å². The topological polar surface area (TPSA) is 55.1 Å². The first-order valence-corrected chi connectivity index (χ1v) is 8.23. The molecule has 0 saturated carbocycles. The number of pyridine rings is 1. The highest BCUT2D eigenvalue weighted by Crippen LogP contribution is 2.14. The van der Waals surface area contributed by atoms with Gasteiger partial charge in [-0.15, -0.1) is 4.57 Å². The summed E-state index contributed by atoms with van der Waals surface area (Å²) in [5.74, 6) is 0. The fourth-order valence-corrected chi connectivity index (χ4v) is 3.29. The fourth-order valence-electron chi connectivity index (χ4n) is 2.20. The minimum Gasteiger partial charge on any atom is -0.209 e. The van der Waals surface area contributed by atoms with Crippen molar-refractivity contribution < 1.29 is 17.8 Å². The molecule has 4 nitrogen and oxygen atoms in total. The fraction of sp³-hybridized carbons (Fsp3) is 0.0588. The summed E-state index contributed by atoms with van der Waals surface area (Å²) in [5.41, 5.74) is 0.935. The Labute approximate surface area is 128 Å². The number of carbonyl (C=O) groups excluding carboxylic acids is 1. The van der Waals surface area contributed by atoms with Gasteiger partial charge in [0.15, 0.2) is 12.4 Å². The van der Waals surface area contributed by atoms with E-state index in [1.807, 2.05) is 31.2 Å². The Morgan fingerprint density at radius 2 is 1.55 bits per heavy atom. The second-order valence-electron chi connectivity index (χ2n) is 5.06. The summed E-state index contributed by atoms with van der Waals surface area (Å²) in [4.78, 5) is 12.4. The minimum atomic E-state index is -4.05. The standard InChI is InChI=1S/C17H14NO3S/c1-13-6-8-16(9-7-13)22(20,21)17(19)18-11-10-14-4-2-3-5-15(14)12-18/h2-12H,1H3/q+1. The molecule has 2 aromatic carbocycles. The van der Waals surface area contributed by atoms with Gasteiger partial charge in [0.2, 0.25) is 0 Å². The van der Waals surface area contributed by atoms with Crippen LogP contribution in [0.15, 0.2) is 71.9 Å². The molecule has 0 N–H and O–H groups in total. The van der Waals surface area contributed by atoms with Crippen LogP contribution in [-0.4, -0.2) is 13.7 Å². The predicted molar refractivity (Wildman–Crippen MR) is 83.3 cm³/mol. The Balaban J connectivity index is 2.06. The lowest BCUT2D eigenvalue weighted by Crippen LogP contribution is -2.45. The highest BCUT2D eigenvalue weighted by atomic mass is 32.2. The number of benzene rings is 2. The highest BCUT2D eigenvalue weighted by molar-refractivity contribution is 8.05. The third-order valence-electron chi connectivity index (χ3n) is 3.46. The van der Waals surface area contributed by atoms with E-state index in [1.54, 1.807) is 18.2 Å². The van der Waals surface area contributed by atoms with Gasteiger partial charge in [0, 0.05) is 11.5 Å². The summed E-state index contributed by atoms with van der Waals surface area (Å²) >= 11 is 0. The SMILES string of the molecule is Cc1ccc(S(=O)(=O)C(=O)[n+]2ccc3ccccc3c2)cc1. The van der Waals surface area contributed by atoms with Crippen LogP contribution in [0.25, 0.3) is 10.8 Å². The molecule has 0 fully saturated rings. The molecule has 0 aliphatic carbocycles. The van der Waals surface area contributed by atoms with E-state index < -0.39 is 15.1 Å². The van der Waals surface area contributed by atoms with Gasteiger partial charge in [-0.2, -0.15) is 0 Å². The maximum absolute atomic E-state index is 12.4. The van der Waals surface area contributed by atoms with Crippen LogP contribution in [0.5, 0.6) is 0 Å². The molecule has 22 heavy (non-hydrogen) atoms. The number of rotatable bonds is 1. The van der Waals surface area contributed by atoms with Crippen molar-refractivity contribution in [3.05, 3.63) is 72.6 Å². The van der Waals surface area contributed by atoms with E-state index in [9.17, 15) is 13.2 Å². The quantitative estimate of drug-likeness (QED) is 0.649. The van der Waals surface area contributed by atoms with Crippen molar-refractivity contribution in [2.75, 3.05) is 0 Å². The van der Waals surface area contributed by atoms with Gasteiger partial charge in [-0.1, -0.05) is 35.9 Å². The molecule has 1 aromatic heterocycles. The zero-order chi connectivity index (χ0) is 15.7. The van der Waals surface area contributed by atoms with Crippen LogP contribution in [0.4, 0.5) is 4.79 Å². The lowest BCUT2D eigenvalue weighted by atomic mass is 10.2. The van der Waals surface area contributed by atoms with E-state index >= 15 is 0 Å². The molecule has 0 unspecified atom stereocenters. The van der Waals surface area contributed by atoms with Gasteiger partial charge in [-0.05, 0) is 30.5 Å². The average Bonchev–Trinajstić information content (AvgIpc) is 2.54. The minimum absolute atomic E-state index is 0.00348. The smallest absolute Gasteiger partial charge is 0.209 e. The van der Waals surface area contributed by atoms with Crippen LogP contribution < -0.4 is 4.57 Å². The molecule has 3 aromatic rings. The van der Waals surface area contributed by atoms with Gasteiger partial charge in [-0.25, -0.2) is 13.2 Å². The number of hydrogen-bond acceptors (Lipinski definition) is 3. The molecule has 0 spiro atoms. The van der Waals surface area contributed by atoms with Crippen LogP contribution in [-0.2, 0) is 9.84 Å². The number of nitrogens with zero attached hydrogens (tertiary/aromatic N) is 1. The number of hydrogen-bond donors (Lipinski definition) is 0. The largest absolute Gasteiger partial charge is 0.515 e. The number of carbonyl (C=O) groups is 1. The first-order chi connectivity index (χ1) is 10.5. The molecule has 0 atom stereocenters. The van der Waals surface area contributed by atoms with E-state index in [2.05, 4.69) is 0 Å². The summed E-state index contributed by atoms with van der Waals surface area (Å²) in [6.07, 6.45) is 3.00. The molecule has 0 radical (unpaired) electrons. The Bertz CT molecular complexity index is 961. The van der Waals surface area contributed by atoms with Crippen LogP contribution in [0.2, 0.25) is 0 Å². The van der Waals surface area contributed by atoms with E-state index in [1.165, 1.54) is 24.5 Å². The lowest BCUT2D eigenvalue weighted by molar-refractivity contribution is -0.560. The summed E-state index contributed by atoms with van der Waals surface area (Å²) < 4.78 is 25.9. The Morgan fingerprint density at radius 1 is 0.909 bits per heavy atom. The maximum Gasteiger partial charge on any atom is 0.515 e. The second kappa shape index (κ2) is 5.35. The van der Waals surface area contributed by atoms with Crippen molar-refractivity contribution in [1.82, 2.24) is 0 Å². The number of sulfone groups is 1. The monoisotopic (exact) mass is 312 g/mol. The first kappa shape index (κ1) is 14.4. The van der Waals surface area contributed by atoms with Crippen molar-refractivity contribution >= 4 is 25.8 Å². The van der Waals surface area contributed by atoms with Gasteiger partial charge < -0.3 is 0 Å². The first-order valence-electron chi connectivity index (χ1n) is 6.75. The van der Waals surface area contributed by atoms with Gasteiger partial charge in [0.05, 0.1) is 4.90 Å². The summed E-state index contributed by atoms with van der Waals surface area (Å²) in [7, 11) is -4.05. The maximum atomic E-state index is 12.4. The zero-order valence-electron chi connectivity index (χ0n) is 11.9. The van der Waals surface area contributed by atoms with Crippen LogP contribution in [0, 0.1) is 6.92 Å². The molecular weight excluding hydrogens is 298 g/mol. The van der Waals surface area contributed by atoms with E-state index in [0.717, 1.165) is 20.9 Å². The van der Waals surface area contributed by atoms with Crippen molar-refractivity contribution in [2.45, 2.75) is 11.8 Å². The summed E-state index contributed by atoms with van der Waals surface area (Å²) in [6, 6.07) is 15.4. The molecule has 5 heteroatoms. The Kier molecular flexibility index (Phi) is 3.50. The van der Waals surface area contributed by atoms with E-state index in [-0.39, 0.29) is 4.90 Å². The van der Waals surface area contributed by atoms with E-state index in [0.29, 0.717) is 0 Å². The normalized spacial score (nSPS) is 11.5. The molecule has 3 rings (SSSR count). The molecule has 1 heterocycles. The molecule has 0 saturated heterocycles. The highest BCUT2D eigenvalue weighted by Gasteiger charge is 2.34. The van der Waals surface area contributed by atoms with Gasteiger partial charge >= 0.3 is 15.1 Å². The van der Waals surface area contributed by atoms with Crippen molar-refractivity contribution in [1.29, 1.82) is 0 Å². The van der Waals surface area contributed by atoms with Gasteiger partial charge in [0.25, 0.3) is 0 Å². The summed E-state index contributed by atoms with van der Waals surface area (Å²) in [6.45, 7) is 1.86. The third-order valence-corrected chi connectivity index (χ3v) is 5.02. The lowest BCUT2D eigenvalue weighted by Gasteiger charge is -2.01. The van der Waals surface area contributed by atoms with Crippen LogP contribution in [0.1, 0.15) is 5.56 Å². The van der Waals surface area contributed by atoms with Crippen LogP contribution in [0.3, 0.4) is 0 Å². The van der Waals surface area contributed by atoms with E-state index in [4.69, 9.17) is 0 Å². The van der Waals surface area contributed by atoms with Gasteiger partial charge in [-0.3, -0.25) is 0 Å². The zero-order valence-corrected chi connectivity index (χ0v) is 12.7. The third kappa shape index (κ3) is 2.51. The average molecular weight is 312 g/mol. The van der Waals surface area contributed by atoms with Gasteiger partial charge in [0.1, 0.15) is 0 Å².